The van der Waals surface area contributed by atoms with E-state index >= 15 is 0 Å². The number of aryl methyl sites for hydroxylation is 1. The largest absolute Gasteiger partial charge is 0.384 e. The van der Waals surface area contributed by atoms with E-state index in [1.807, 2.05) is 6.07 Å². The molecule has 1 unspecified atom stereocenters. The topological polar surface area (TPSA) is 138 Å². The number of hydrogen-bond acceptors (Lipinski definition) is 9. The van der Waals surface area contributed by atoms with E-state index in [4.69, 9.17) is 16.3 Å². The number of rotatable bonds is 7. The molecule has 3 aliphatic rings. The fourth-order valence-electron chi connectivity index (χ4n) is 6.51. The zero-order valence-corrected chi connectivity index (χ0v) is 29.1. The normalized spacial score (nSPS) is 19.2. The van der Waals surface area contributed by atoms with E-state index in [0.29, 0.717) is 41.6 Å². The number of morpholine rings is 1. The zero-order chi connectivity index (χ0) is 33.6. The Morgan fingerprint density at radius 2 is 1.71 bits per heavy atom. The first-order valence-electron chi connectivity index (χ1n) is 15.7. The standard InChI is InChI=1S/C32H34ClN5O7S3/c33-23-8-9-27-22(17-23)18-31(38(27)47(41,42)25-5-2-1-3-6-25)48(43,44)36-11-12-37(24(21-36)19-30(39)35-13-15-45-16-14-35)32(40)29-20-26-28(46-29)7-4-10-34-26/h1-3,5-6,8-9,17-18,20,24,34H,4,7,10-16,19,21H2. The van der Waals surface area contributed by atoms with Gasteiger partial charge < -0.3 is 19.9 Å². The first kappa shape index (κ1) is 33.0. The van der Waals surface area contributed by atoms with E-state index < -0.39 is 31.1 Å². The average Bonchev–Trinajstić information content (AvgIpc) is 3.71. The van der Waals surface area contributed by atoms with Crippen LogP contribution < -0.4 is 5.32 Å². The average molecular weight is 732 g/mol. The van der Waals surface area contributed by atoms with Crippen LogP contribution >= 0.6 is 22.9 Å². The van der Waals surface area contributed by atoms with Gasteiger partial charge in [-0.1, -0.05) is 29.8 Å². The van der Waals surface area contributed by atoms with Gasteiger partial charge in [0.2, 0.25) is 5.91 Å². The molecule has 7 rings (SSSR count). The molecule has 16 heteroatoms. The molecule has 48 heavy (non-hydrogen) atoms. The third-order valence-corrected chi connectivity index (χ3v) is 14.1. The summed E-state index contributed by atoms with van der Waals surface area (Å²) in [5.74, 6) is -0.466. The second-order valence-corrected chi connectivity index (χ2v) is 17.2. The molecule has 2 saturated heterocycles. The Kier molecular flexibility index (Phi) is 9.02. The van der Waals surface area contributed by atoms with Gasteiger partial charge in [0.05, 0.1) is 34.5 Å². The first-order chi connectivity index (χ1) is 23.0. The third-order valence-electron chi connectivity index (χ3n) is 8.97. The number of carbonyl (C=O) groups excluding carboxylic acids is 2. The van der Waals surface area contributed by atoms with Crippen molar-refractivity contribution in [2.75, 3.05) is 57.8 Å². The first-order valence-corrected chi connectivity index (χ1v) is 19.8. The Bertz CT molecular complexity index is 2070. The van der Waals surface area contributed by atoms with Crippen molar-refractivity contribution < 1.29 is 31.2 Å². The predicted molar refractivity (Wildman–Crippen MR) is 183 cm³/mol. The molecule has 2 fully saturated rings. The van der Waals surface area contributed by atoms with Crippen molar-refractivity contribution in [3.8, 4) is 0 Å². The molecule has 12 nitrogen and oxygen atoms in total. The van der Waals surface area contributed by atoms with Crippen molar-refractivity contribution in [2.45, 2.75) is 35.2 Å². The minimum absolute atomic E-state index is 0.0204. The highest BCUT2D eigenvalue weighted by molar-refractivity contribution is 7.92. The molecule has 1 atom stereocenters. The number of benzene rings is 2. The van der Waals surface area contributed by atoms with Gasteiger partial charge in [-0.05, 0) is 55.3 Å². The zero-order valence-electron chi connectivity index (χ0n) is 25.9. The van der Waals surface area contributed by atoms with Crippen LogP contribution in [0, 0.1) is 0 Å². The molecule has 4 aromatic rings. The summed E-state index contributed by atoms with van der Waals surface area (Å²) in [7, 11) is -8.85. The number of ether oxygens (including phenoxy) is 1. The van der Waals surface area contributed by atoms with Crippen LogP contribution in [0.3, 0.4) is 0 Å². The molecule has 5 heterocycles. The highest BCUT2D eigenvalue weighted by Crippen LogP contribution is 2.35. The van der Waals surface area contributed by atoms with Gasteiger partial charge in [0.25, 0.3) is 26.0 Å². The maximum Gasteiger partial charge on any atom is 0.269 e. The van der Waals surface area contributed by atoms with E-state index in [0.717, 1.165) is 33.9 Å². The number of carbonyl (C=O) groups is 2. The molecule has 254 valence electrons. The molecule has 0 aliphatic carbocycles. The lowest BCUT2D eigenvalue weighted by Crippen LogP contribution is -2.58. The number of aromatic nitrogens is 1. The monoisotopic (exact) mass is 731 g/mol. The number of anilines is 1. The molecule has 0 bridgehead atoms. The van der Waals surface area contributed by atoms with Gasteiger partial charge in [-0.3, -0.25) is 9.59 Å². The fourth-order valence-corrected chi connectivity index (χ4v) is 11.4. The Morgan fingerprint density at radius 1 is 0.938 bits per heavy atom. The lowest BCUT2D eigenvalue weighted by Gasteiger charge is -2.41. The van der Waals surface area contributed by atoms with Crippen LogP contribution in [0.25, 0.3) is 10.9 Å². The van der Waals surface area contributed by atoms with E-state index in [9.17, 15) is 26.4 Å². The number of piperazine rings is 1. The SMILES string of the molecule is O=C(CC1CN(S(=O)(=O)c2cc3cc(Cl)ccc3n2S(=O)(=O)c2ccccc2)CCN1C(=O)c1cc2c(s1)CCCN2)N1CCOCC1. The molecule has 0 spiro atoms. The van der Waals surface area contributed by atoms with Gasteiger partial charge >= 0.3 is 0 Å². The predicted octanol–water partition coefficient (Wildman–Crippen LogP) is 3.72. The molecule has 3 aliphatic heterocycles. The van der Waals surface area contributed by atoms with Crippen molar-refractivity contribution >= 4 is 71.4 Å². The minimum Gasteiger partial charge on any atom is -0.384 e. The van der Waals surface area contributed by atoms with Crippen LogP contribution in [-0.4, -0.2) is 105 Å². The lowest BCUT2D eigenvalue weighted by atomic mass is 10.1. The van der Waals surface area contributed by atoms with E-state index in [2.05, 4.69) is 5.32 Å². The van der Waals surface area contributed by atoms with Gasteiger partial charge in [0.1, 0.15) is 0 Å². The summed E-state index contributed by atoms with van der Waals surface area (Å²) in [4.78, 5) is 32.3. The summed E-state index contributed by atoms with van der Waals surface area (Å²) >= 11 is 7.65. The van der Waals surface area contributed by atoms with Gasteiger partial charge in [0, 0.05) is 66.7 Å². The summed E-state index contributed by atoms with van der Waals surface area (Å²) in [5, 5.41) is 3.55. The van der Waals surface area contributed by atoms with Gasteiger partial charge in [-0.15, -0.1) is 11.3 Å². The van der Waals surface area contributed by atoms with Crippen LogP contribution in [0.4, 0.5) is 5.69 Å². The molecule has 0 saturated carbocycles. The summed E-state index contributed by atoms with van der Waals surface area (Å²) in [6.45, 7) is 2.18. The fraction of sp³-hybridized carbons (Fsp3) is 0.375. The number of nitrogens with zero attached hydrogens (tertiary/aromatic N) is 4. The van der Waals surface area contributed by atoms with Crippen molar-refractivity contribution in [3.05, 3.63) is 75.4 Å². The van der Waals surface area contributed by atoms with Gasteiger partial charge in [0.15, 0.2) is 5.03 Å². The lowest BCUT2D eigenvalue weighted by molar-refractivity contribution is -0.136. The summed E-state index contributed by atoms with van der Waals surface area (Å²) in [6, 6.07) is 14.5. The highest BCUT2D eigenvalue weighted by Gasteiger charge is 2.41. The Hall–Kier alpha value is -3.47. The molecular formula is C32H34ClN5O7S3. The molecule has 1 N–H and O–H groups in total. The minimum atomic E-state index is -4.48. The Balaban J connectivity index is 1.25. The summed E-state index contributed by atoms with van der Waals surface area (Å²) in [5.41, 5.74) is 1.09. The van der Waals surface area contributed by atoms with E-state index in [-0.39, 0.29) is 48.3 Å². The molecule has 2 aromatic carbocycles. The molecule has 2 aromatic heterocycles. The smallest absolute Gasteiger partial charge is 0.269 e. The van der Waals surface area contributed by atoms with Crippen molar-refractivity contribution in [1.29, 1.82) is 0 Å². The number of thiophene rings is 1. The maximum atomic E-state index is 14.5. The third kappa shape index (κ3) is 6.11. The highest BCUT2D eigenvalue weighted by atomic mass is 35.5. The quantitative estimate of drug-likeness (QED) is 0.304. The van der Waals surface area contributed by atoms with Crippen molar-refractivity contribution in [2.24, 2.45) is 0 Å². The number of nitrogens with one attached hydrogen (secondary N) is 1. The Morgan fingerprint density at radius 3 is 2.46 bits per heavy atom. The van der Waals surface area contributed by atoms with Crippen LogP contribution in [-0.2, 0) is 36.0 Å². The second-order valence-electron chi connectivity index (χ2n) is 12.0. The number of halogens is 1. The van der Waals surface area contributed by atoms with Crippen LogP contribution in [0.5, 0.6) is 0 Å². The number of hydrogen-bond donors (Lipinski definition) is 1. The Labute approximate surface area is 287 Å². The number of amides is 2. The molecule has 2 amide bonds. The maximum absolute atomic E-state index is 14.5. The van der Waals surface area contributed by atoms with Crippen LogP contribution in [0.2, 0.25) is 5.02 Å². The molecule has 0 radical (unpaired) electrons. The van der Waals surface area contributed by atoms with Crippen LogP contribution in [0.15, 0.2) is 70.6 Å². The summed E-state index contributed by atoms with van der Waals surface area (Å²) in [6.07, 6.45) is 1.75. The van der Waals surface area contributed by atoms with Crippen molar-refractivity contribution in [1.82, 2.24) is 18.1 Å². The molecular weight excluding hydrogens is 698 g/mol. The number of sulfonamides is 1. The van der Waals surface area contributed by atoms with Gasteiger partial charge in [-0.2, -0.15) is 4.31 Å². The van der Waals surface area contributed by atoms with E-state index in [1.54, 1.807) is 28.0 Å². The van der Waals surface area contributed by atoms with Crippen molar-refractivity contribution in [3.63, 3.8) is 0 Å². The summed E-state index contributed by atoms with van der Waals surface area (Å²) < 4.78 is 64.6. The van der Waals surface area contributed by atoms with Gasteiger partial charge in [-0.25, -0.2) is 20.8 Å². The number of fused-ring (bicyclic) bond motifs is 2. The second kappa shape index (κ2) is 13.1. The van der Waals surface area contributed by atoms with E-state index in [1.165, 1.54) is 52.0 Å². The van der Waals surface area contributed by atoms with Crippen LogP contribution in [0.1, 0.15) is 27.4 Å².